The second-order valence-electron chi connectivity index (χ2n) is 9.27. The van der Waals surface area contributed by atoms with Crippen molar-refractivity contribution in [1.29, 1.82) is 0 Å². The van der Waals surface area contributed by atoms with E-state index in [2.05, 4.69) is 38.4 Å². The Morgan fingerprint density at radius 2 is 1.66 bits per heavy atom. The fourth-order valence-corrected chi connectivity index (χ4v) is 4.07. The molecular formula is C27H32F3N7O4. The zero-order chi connectivity index (χ0) is 29.8. The highest BCUT2D eigenvalue weighted by Gasteiger charge is 2.38. The topological polar surface area (TPSA) is 158 Å². The quantitative estimate of drug-likeness (QED) is 0.282. The Kier molecular flexibility index (Phi) is 11.5. The van der Waals surface area contributed by atoms with Gasteiger partial charge >= 0.3 is 18.1 Å². The van der Waals surface area contributed by atoms with Gasteiger partial charge in [-0.05, 0) is 55.3 Å². The van der Waals surface area contributed by atoms with E-state index in [9.17, 15) is 18.0 Å². The van der Waals surface area contributed by atoms with Gasteiger partial charge in [0.25, 0.3) is 0 Å². The molecule has 0 aliphatic carbocycles. The maximum absolute atomic E-state index is 10.9. The smallest absolute Gasteiger partial charge is 0.480 e. The van der Waals surface area contributed by atoms with Crippen LogP contribution >= 0.6 is 0 Å². The third-order valence-electron chi connectivity index (χ3n) is 6.06. The number of nitrogens with zero attached hydrogens (tertiary/aromatic N) is 5. The highest BCUT2D eigenvalue weighted by molar-refractivity contribution is 5.73. The van der Waals surface area contributed by atoms with Crippen molar-refractivity contribution in [3.05, 3.63) is 66.1 Å². The fraction of sp³-hybridized carbons (Fsp3) is 0.370. The number of nitrogens with one attached hydrogen (secondary N) is 1. The third-order valence-corrected chi connectivity index (χ3v) is 6.06. The van der Waals surface area contributed by atoms with Gasteiger partial charge in [0.1, 0.15) is 0 Å². The molecule has 4 rings (SSSR count). The number of hydrogen-bond donors (Lipinski definition) is 4. The number of piperazine rings is 1. The van der Waals surface area contributed by atoms with Gasteiger partial charge in [0, 0.05) is 62.1 Å². The highest BCUT2D eigenvalue weighted by atomic mass is 19.4. The zero-order valence-electron chi connectivity index (χ0n) is 22.2. The molecule has 11 nitrogen and oxygen atoms in total. The van der Waals surface area contributed by atoms with Gasteiger partial charge in [-0.3, -0.25) is 19.6 Å². The van der Waals surface area contributed by atoms with Gasteiger partial charge in [-0.25, -0.2) is 14.8 Å². The van der Waals surface area contributed by atoms with E-state index >= 15 is 0 Å². The summed E-state index contributed by atoms with van der Waals surface area (Å²) < 4.78 is 31.7. The average Bonchev–Trinajstić information content (AvgIpc) is 2.93. The Morgan fingerprint density at radius 3 is 2.32 bits per heavy atom. The summed E-state index contributed by atoms with van der Waals surface area (Å²) in [5.41, 5.74) is 10.6. The number of alkyl halides is 3. The second kappa shape index (κ2) is 15.0. The Morgan fingerprint density at radius 1 is 0.976 bits per heavy atom. The lowest BCUT2D eigenvalue weighted by atomic mass is 10.1. The van der Waals surface area contributed by atoms with Crippen LogP contribution in [0.4, 0.5) is 24.8 Å². The molecule has 3 heterocycles. The standard InChI is InChI=1S/C25H31N7O2.C2HF3O2/c26-8-2-5-21-16-20(6-9-27-21)23-7-10-28-25(30-23)29-22-4-1-3-19(15-22)17-31-11-13-32(14-12-31)18-24(33)34;3-2(4,5)1(6)7/h1,3-4,6-7,9-10,15-16H,2,5,8,11-14,17-18,26H2,(H,33,34)(H,28,29,30);(H,6,7). The zero-order valence-corrected chi connectivity index (χ0v) is 22.2. The molecule has 1 aliphatic heterocycles. The molecule has 0 atom stereocenters. The number of halogens is 3. The number of benzene rings is 1. The third kappa shape index (κ3) is 10.7. The summed E-state index contributed by atoms with van der Waals surface area (Å²) in [4.78, 5) is 37.6. The normalized spacial score (nSPS) is 14.1. The van der Waals surface area contributed by atoms with Crippen LogP contribution in [0.25, 0.3) is 11.3 Å². The van der Waals surface area contributed by atoms with E-state index < -0.39 is 18.1 Å². The molecule has 1 aliphatic rings. The van der Waals surface area contributed by atoms with Crippen LogP contribution in [0.5, 0.6) is 0 Å². The van der Waals surface area contributed by atoms with E-state index in [4.69, 9.17) is 25.7 Å². The van der Waals surface area contributed by atoms with Crippen LogP contribution in [0.15, 0.2) is 54.9 Å². The number of aryl methyl sites for hydroxylation is 1. The van der Waals surface area contributed by atoms with Crippen molar-refractivity contribution in [1.82, 2.24) is 24.8 Å². The largest absolute Gasteiger partial charge is 0.490 e. The summed E-state index contributed by atoms with van der Waals surface area (Å²) in [6.45, 7) is 4.83. The average molecular weight is 576 g/mol. The summed E-state index contributed by atoms with van der Waals surface area (Å²) in [6, 6.07) is 14.1. The van der Waals surface area contributed by atoms with E-state index in [1.54, 1.807) is 12.4 Å². The number of carboxylic acid groups (broad SMARTS) is 2. The summed E-state index contributed by atoms with van der Waals surface area (Å²) in [5.74, 6) is -2.99. The molecule has 0 radical (unpaired) electrons. The number of carboxylic acids is 2. The number of pyridine rings is 1. The highest BCUT2D eigenvalue weighted by Crippen LogP contribution is 2.21. The fourth-order valence-electron chi connectivity index (χ4n) is 4.07. The minimum Gasteiger partial charge on any atom is -0.480 e. The summed E-state index contributed by atoms with van der Waals surface area (Å²) in [6.07, 6.45) is 0.232. The van der Waals surface area contributed by atoms with Crippen LogP contribution in [-0.4, -0.2) is 92.3 Å². The van der Waals surface area contributed by atoms with E-state index in [0.717, 1.165) is 68.2 Å². The first-order chi connectivity index (χ1) is 19.5. The van der Waals surface area contributed by atoms with Gasteiger partial charge in [0.2, 0.25) is 5.95 Å². The molecule has 1 aromatic carbocycles. The lowest BCUT2D eigenvalue weighted by Crippen LogP contribution is -2.47. The first-order valence-corrected chi connectivity index (χ1v) is 12.8. The first kappa shape index (κ1) is 31.4. The Hall–Kier alpha value is -4.14. The molecule has 0 unspecified atom stereocenters. The van der Waals surface area contributed by atoms with Crippen molar-refractivity contribution in [2.24, 2.45) is 5.73 Å². The van der Waals surface area contributed by atoms with Crippen molar-refractivity contribution >= 4 is 23.6 Å². The van der Waals surface area contributed by atoms with Crippen molar-refractivity contribution < 1.29 is 33.0 Å². The molecule has 220 valence electrons. The van der Waals surface area contributed by atoms with Crippen LogP contribution in [-0.2, 0) is 22.6 Å². The Labute approximate surface area is 234 Å². The van der Waals surface area contributed by atoms with E-state index in [1.807, 2.05) is 29.2 Å². The number of carbonyl (C=O) groups is 2. The molecule has 0 saturated carbocycles. The monoisotopic (exact) mass is 575 g/mol. The number of hydrogen-bond acceptors (Lipinski definition) is 9. The van der Waals surface area contributed by atoms with Crippen LogP contribution < -0.4 is 11.1 Å². The molecule has 14 heteroatoms. The molecular weight excluding hydrogens is 543 g/mol. The van der Waals surface area contributed by atoms with Gasteiger partial charge in [-0.2, -0.15) is 13.2 Å². The van der Waals surface area contributed by atoms with Crippen LogP contribution in [0.1, 0.15) is 17.7 Å². The predicted octanol–water partition coefficient (Wildman–Crippen LogP) is 3.01. The molecule has 0 bridgehead atoms. The van der Waals surface area contributed by atoms with Crippen LogP contribution in [0.2, 0.25) is 0 Å². The minimum absolute atomic E-state index is 0.112. The Balaban J connectivity index is 0.000000587. The maximum Gasteiger partial charge on any atom is 0.490 e. The van der Waals surface area contributed by atoms with Gasteiger partial charge in [-0.1, -0.05) is 12.1 Å². The number of rotatable bonds is 10. The van der Waals surface area contributed by atoms with Gasteiger partial charge in [0.05, 0.1) is 12.2 Å². The van der Waals surface area contributed by atoms with Crippen LogP contribution in [0, 0.1) is 0 Å². The molecule has 0 spiro atoms. The van der Waals surface area contributed by atoms with E-state index in [-0.39, 0.29) is 6.54 Å². The number of aliphatic carboxylic acids is 2. The molecule has 0 amide bonds. The van der Waals surface area contributed by atoms with Gasteiger partial charge in [0.15, 0.2) is 0 Å². The minimum atomic E-state index is -5.08. The van der Waals surface area contributed by atoms with Crippen LogP contribution in [0.3, 0.4) is 0 Å². The van der Waals surface area contributed by atoms with Gasteiger partial charge in [-0.15, -0.1) is 0 Å². The molecule has 3 aromatic rings. The van der Waals surface area contributed by atoms with E-state index in [1.165, 1.54) is 5.56 Å². The van der Waals surface area contributed by atoms with Gasteiger partial charge < -0.3 is 21.3 Å². The van der Waals surface area contributed by atoms with E-state index in [0.29, 0.717) is 12.5 Å². The van der Waals surface area contributed by atoms with Crippen molar-refractivity contribution in [2.45, 2.75) is 25.6 Å². The van der Waals surface area contributed by atoms with Crippen molar-refractivity contribution in [3.8, 4) is 11.3 Å². The second-order valence-corrected chi connectivity index (χ2v) is 9.27. The summed E-state index contributed by atoms with van der Waals surface area (Å²) in [7, 11) is 0. The lowest BCUT2D eigenvalue weighted by Gasteiger charge is -2.33. The molecule has 2 aromatic heterocycles. The van der Waals surface area contributed by atoms with Crippen molar-refractivity contribution in [2.75, 3.05) is 44.6 Å². The lowest BCUT2D eigenvalue weighted by molar-refractivity contribution is -0.192. The number of nitrogens with two attached hydrogens (primary N) is 1. The Bertz CT molecular complexity index is 1300. The summed E-state index contributed by atoms with van der Waals surface area (Å²) >= 11 is 0. The molecule has 41 heavy (non-hydrogen) atoms. The SMILES string of the molecule is NCCCc1cc(-c2ccnc(Nc3cccc(CN4CCN(CC(=O)O)CC4)c3)n2)ccn1.O=C(O)C(F)(F)F. The first-order valence-electron chi connectivity index (χ1n) is 12.8. The predicted molar refractivity (Wildman–Crippen MR) is 145 cm³/mol. The maximum atomic E-state index is 10.9. The summed E-state index contributed by atoms with van der Waals surface area (Å²) in [5, 5.41) is 19.4. The molecule has 5 N–H and O–H groups in total. The number of aromatic nitrogens is 3. The molecule has 1 fully saturated rings. The molecule has 1 saturated heterocycles. The number of anilines is 2. The van der Waals surface area contributed by atoms with Crippen molar-refractivity contribution in [3.63, 3.8) is 0 Å².